The number of halogens is 1. The fourth-order valence-corrected chi connectivity index (χ4v) is 3.64. The minimum atomic E-state index is -0.293. The number of methoxy groups -OCH3 is 1. The Morgan fingerprint density at radius 1 is 1.35 bits per heavy atom. The van der Waals surface area contributed by atoms with Gasteiger partial charge in [0.15, 0.2) is 0 Å². The molecule has 2 nitrogen and oxygen atoms in total. The Morgan fingerprint density at radius 3 is 2.85 bits per heavy atom. The predicted octanol–water partition coefficient (Wildman–Crippen LogP) is 4.88. The fraction of sp³-hybridized carbons (Fsp3) is 0.647. The highest BCUT2D eigenvalue weighted by atomic mass is 35.5. The summed E-state index contributed by atoms with van der Waals surface area (Å²) in [6, 6.07) is 5.78. The molecule has 0 amide bonds. The van der Waals surface area contributed by atoms with Crippen molar-refractivity contribution in [3.05, 3.63) is 28.8 Å². The van der Waals surface area contributed by atoms with E-state index >= 15 is 0 Å². The average molecular weight is 296 g/mol. The van der Waals surface area contributed by atoms with Crippen LogP contribution < -0.4 is 10.5 Å². The molecule has 2 rings (SSSR count). The molecule has 0 aromatic heterocycles. The van der Waals surface area contributed by atoms with E-state index in [2.05, 4.69) is 6.92 Å². The summed E-state index contributed by atoms with van der Waals surface area (Å²) in [5.41, 5.74) is 7.53. The molecule has 1 aliphatic carbocycles. The van der Waals surface area contributed by atoms with Gasteiger partial charge in [-0.3, -0.25) is 0 Å². The largest absolute Gasteiger partial charge is 0.496 e. The van der Waals surface area contributed by atoms with Gasteiger partial charge in [-0.25, -0.2) is 0 Å². The van der Waals surface area contributed by atoms with Crippen molar-refractivity contribution in [3.63, 3.8) is 0 Å². The summed E-state index contributed by atoms with van der Waals surface area (Å²) in [5.74, 6) is 1.70. The van der Waals surface area contributed by atoms with Gasteiger partial charge in [0, 0.05) is 16.1 Å². The van der Waals surface area contributed by atoms with Crippen LogP contribution in [0.25, 0.3) is 0 Å². The van der Waals surface area contributed by atoms with E-state index in [0.717, 1.165) is 35.1 Å². The third-order valence-electron chi connectivity index (χ3n) is 4.63. The number of rotatable bonds is 4. The SMILES string of the molecule is CCCC1CCCC(N)(c2cc(Cl)ccc2OC)CC1. The van der Waals surface area contributed by atoms with Gasteiger partial charge in [0.1, 0.15) is 5.75 Å². The summed E-state index contributed by atoms with van der Waals surface area (Å²) >= 11 is 6.16. The van der Waals surface area contributed by atoms with Crippen LogP contribution in [0, 0.1) is 5.92 Å². The summed E-state index contributed by atoms with van der Waals surface area (Å²) in [5, 5.41) is 0.736. The molecule has 3 heteroatoms. The minimum Gasteiger partial charge on any atom is -0.496 e. The maximum Gasteiger partial charge on any atom is 0.124 e. The lowest BCUT2D eigenvalue weighted by molar-refractivity contribution is 0.341. The molecular weight excluding hydrogens is 270 g/mol. The van der Waals surface area contributed by atoms with Crippen molar-refractivity contribution in [1.29, 1.82) is 0 Å². The van der Waals surface area contributed by atoms with Gasteiger partial charge in [0.2, 0.25) is 0 Å². The van der Waals surface area contributed by atoms with Crippen LogP contribution in [0.2, 0.25) is 5.02 Å². The number of benzene rings is 1. The molecule has 0 heterocycles. The molecular formula is C17H26ClNO. The monoisotopic (exact) mass is 295 g/mol. The predicted molar refractivity (Wildman–Crippen MR) is 85.4 cm³/mol. The van der Waals surface area contributed by atoms with E-state index in [1.807, 2.05) is 18.2 Å². The van der Waals surface area contributed by atoms with Crippen molar-refractivity contribution in [1.82, 2.24) is 0 Å². The summed E-state index contributed by atoms with van der Waals surface area (Å²) in [6.07, 6.45) is 8.33. The zero-order valence-corrected chi connectivity index (χ0v) is 13.4. The van der Waals surface area contributed by atoms with E-state index in [4.69, 9.17) is 22.1 Å². The molecule has 112 valence electrons. The number of nitrogens with two attached hydrogens (primary N) is 1. The second-order valence-corrected chi connectivity index (χ2v) is 6.52. The van der Waals surface area contributed by atoms with Crippen molar-refractivity contribution in [2.45, 2.75) is 57.4 Å². The van der Waals surface area contributed by atoms with E-state index in [9.17, 15) is 0 Å². The van der Waals surface area contributed by atoms with Gasteiger partial charge >= 0.3 is 0 Å². The van der Waals surface area contributed by atoms with Crippen LogP contribution >= 0.6 is 11.6 Å². The summed E-state index contributed by atoms with van der Waals surface area (Å²) < 4.78 is 5.50. The average Bonchev–Trinajstić information content (AvgIpc) is 2.63. The first-order chi connectivity index (χ1) is 9.59. The molecule has 0 bridgehead atoms. The molecule has 1 aromatic carbocycles. The van der Waals surface area contributed by atoms with Crippen LogP contribution in [0.15, 0.2) is 18.2 Å². The number of hydrogen-bond donors (Lipinski definition) is 1. The number of ether oxygens (including phenoxy) is 1. The minimum absolute atomic E-state index is 0.293. The first kappa shape index (κ1) is 15.7. The Labute approximate surface area is 127 Å². The lowest BCUT2D eigenvalue weighted by Gasteiger charge is -2.30. The quantitative estimate of drug-likeness (QED) is 0.803. The van der Waals surface area contributed by atoms with E-state index < -0.39 is 0 Å². The molecule has 1 aliphatic rings. The van der Waals surface area contributed by atoms with Crippen LogP contribution in [0.1, 0.15) is 57.4 Å². The van der Waals surface area contributed by atoms with Crippen LogP contribution in [-0.4, -0.2) is 7.11 Å². The molecule has 0 spiro atoms. The highest BCUT2D eigenvalue weighted by Crippen LogP contribution is 2.41. The van der Waals surface area contributed by atoms with E-state index in [1.165, 1.54) is 32.1 Å². The van der Waals surface area contributed by atoms with Crippen LogP contribution in [0.3, 0.4) is 0 Å². The van der Waals surface area contributed by atoms with Gasteiger partial charge in [-0.05, 0) is 43.4 Å². The summed E-state index contributed by atoms with van der Waals surface area (Å²) in [6.45, 7) is 2.26. The van der Waals surface area contributed by atoms with Gasteiger partial charge in [0.25, 0.3) is 0 Å². The Morgan fingerprint density at radius 2 is 2.15 bits per heavy atom. The molecule has 0 aliphatic heterocycles. The van der Waals surface area contributed by atoms with Crippen molar-refractivity contribution in [2.24, 2.45) is 11.7 Å². The highest BCUT2D eigenvalue weighted by molar-refractivity contribution is 6.30. The first-order valence-electron chi connectivity index (χ1n) is 7.72. The standard InChI is InChI=1S/C17H26ClNO/c1-3-5-13-6-4-10-17(19,11-9-13)15-12-14(18)7-8-16(15)20-2/h7-8,12-13H,3-6,9-11,19H2,1-2H3. The van der Waals surface area contributed by atoms with Gasteiger partial charge in [-0.1, -0.05) is 44.2 Å². The Balaban J connectivity index is 2.24. The van der Waals surface area contributed by atoms with Gasteiger partial charge in [-0.15, -0.1) is 0 Å². The molecule has 0 radical (unpaired) electrons. The molecule has 2 atom stereocenters. The lowest BCUT2D eigenvalue weighted by Crippen LogP contribution is -2.36. The van der Waals surface area contributed by atoms with Crippen molar-refractivity contribution < 1.29 is 4.74 Å². The molecule has 0 saturated heterocycles. The maximum atomic E-state index is 6.75. The lowest BCUT2D eigenvalue weighted by atomic mass is 9.83. The second kappa shape index (κ2) is 6.82. The molecule has 1 saturated carbocycles. The Hall–Kier alpha value is -0.730. The molecule has 20 heavy (non-hydrogen) atoms. The highest BCUT2D eigenvalue weighted by Gasteiger charge is 2.33. The molecule has 2 N–H and O–H groups in total. The normalized spacial score (nSPS) is 27.1. The van der Waals surface area contributed by atoms with Gasteiger partial charge < -0.3 is 10.5 Å². The zero-order valence-electron chi connectivity index (χ0n) is 12.6. The maximum absolute atomic E-state index is 6.75. The van der Waals surface area contributed by atoms with Crippen LogP contribution in [-0.2, 0) is 5.54 Å². The fourth-order valence-electron chi connectivity index (χ4n) is 3.47. The van der Waals surface area contributed by atoms with Crippen molar-refractivity contribution in [2.75, 3.05) is 7.11 Å². The topological polar surface area (TPSA) is 35.2 Å². The Bertz CT molecular complexity index is 449. The molecule has 1 fully saturated rings. The first-order valence-corrected chi connectivity index (χ1v) is 8.09. The van der Waals surface area contributed by atoms with Crippen LogP contribution in [0.4, 0.5) is 0 Å². The van der Waals surface area contributed by atoms with E-state index in [0.29, 0.717) is 0 Å². The van der Waals surface area contributed by atoms with Gasteiger partial charge in [-0.2, -0.15) is 0 Å². The van der Waals surface area contributed by atoms with Gasteiger partial charge in [0.05, 0.1) is 7.11 Å². The van der Waals surface area contributed by atoms with Crippen molar-refractivity contribution in [3.8, 4) is 5.75 Å². The smallest absolute Gasteiger partial charge is 0.124 e. The third kappa shape index (κ3) is 3.48. The third-order valence-corrected chi connectivity index (χ3v) is 4.86. The summed E-state index contributed by atoms with van der Waals surface area (Å²) in [4.78, 5) is 0. The summed E-state index contributed by atoms with van der Waals surface area (Å²) in [7, 11) is 1.70. The van der Waals surface area contributed by atoms with Crippen molar-refractivity contribution >= 4 is 11.6 Å². The molecule has 1 aromatic rings. The van der Waals surface area contributed by atoms with E-state index in [-0.39, 0.29) is 5.54 Å². The second-order valence-electron chi connectivity index (χ2n) is 6.09. The number of hydrogen-bond acceptors (Lipinski definition) is 2. The molecule has 2 unspecified atom stereocenters. The van der Waals surface area contributed by atoms with Crippen LogP contribution in [0.5, 0.6) is 5.75 Å². The Kier molecular flexibility index (Phi) is 5.34. The zero-order chi connectivity index (χ0) is 14.6. The van der Waals surface area contributed by atoms with E-state index in [1.54, 1.807) is 7.11 Å².